The maximum Gasteiger partial charge on any atom is 0.246 e. The summed E-state index contributed by atoms with van der Waals surface area (Å²) in [5.41, 5.74) is 1.90. The van der Waals surface area contributed by atoms with Crippen LogP contribution in [0.1, 0.15) is 25.5 Å². The molecule has 1 amide bonds. The smallest absolute Gasteiger partial charge is 0.246 e. The van der Waals surface area contributed by atoms with Gasteiger partial charge in [-0.05, 0) is 46.1 Å². The zero-order chi connectivity index (χ0) is 14.2. The first-order chi connectivity index (χ1) is 8.81. The first kappa shape index (κ1) is 14.5. The molecule has 1 atom stereocenters. The molecule has 0 radical (unpaired) electrons. The summed E-state index contributed by atoms with van der Waals surface area (Å²) in [5, 5.41) is 6.27. The Hall–Kier alpha value is -0.910. The molecule has 0 fully saturated rings. The van der Waals surface area contributed by atoms with E-state index >= 15 is 0 Å². The van der Waals surface area contributed by atoms with Crippen molar-refractivity contribution in [3.63, 3.8) is 0 Å². The lowest BCUT2D eigenvalue weighted by Gasteiger charge is -2.33. The van der Waals surface area contributed by atoms with Crippen molar-refractivity contribution in [3.8, 4) is 0 Å². The van der Waals surface area contributed by atoms with E-state index in [0.717, 1.165) is 22.3 Å². The zero-order valence-corrected chi connectivity index (χ0v) is 13.3. The molecule has 1 unspecified atom stereocenters. The summed E-state index contributed by atoms with van der Waals surface area (Å²) < 4.78 is 0.987. The molecule has 0 aliphatic carbocycles. The first-order valence-electron chi connectivity index (χ1n) is 6.32. The van der Waals surface area contributed by atoms with Crippen LogP contribution in [0.15, 0.2) is 22.7 Å². The molecule has 5 heteroatoms. The minimum atomic E-state index is -0.272. The van der Waals surface area contributed by atoms with Gasteiger partial charge in [-0.25, -0.2) is 0 Å². The van der Waals surface area contributed by atoms with E-state index in [2.05, 4.69) is 45.3 Å². The molecule has 1 aromatic rings. The summed E-state index contributed by atoms with van der Waals surface area (Å²) in [6, 6.07) is 5.58. The van der Waals surface area contributed by atoms with Crippen LogP contribution in [0.25, 0.3) is 0 Å². The second kappa shape index (κ2) is 5.23. The van der Waals surface area contributed by atoms with Crippen molar-refractivity contribution < 1.29 is 4.79 Å². The van der Waals surface area contributed by atoms with E-state index in [1.807, 2.05) is 32.3 Å². The number of hydrogen-bond donors (Lipinski definition) is 2. The van der Waals surface area contributed by atoms with Gasteiger partial charge in [0.1, 0.15) is 6.04 Å². The molecule has 1 heterocycles. The number of nitrogens with one attached hydrogen (secondary N) is 2. The molecule has 0 aromatic heterocycles. The van der Waals surface area contributed by atoms with Crippen LogP contribution < -0.4 is 10.6 Å². The van der Waals surface area contributed by atoms with E-state index in [1.54, 1.807) is 0 Å². The highest BCUT2D eigenvalue weighted by molar-refractivity contribution is 9.10. The van der Waals surface area contributed by atoms with Crippen LogP contribution in [0.4, 0.5) is 5.69 Å². The van der Waals surface area contributed by atoms with Gasteiger partial charge in [0.05, 0.1) is 0 Å². The van der Waals surface area contributed by atoms with Crippen molar-refractivity contribution >= 4 is 27.5 Å². The third kappa shape index (κ3) is 2.99. The Morgan fingerprint density at radius 2 is 2.11 bits per heavy atom. The van der Waals surface area contributed by atoms with E-state index in [0.29, 0.717) is 0 Å². The van der Waals surface area contributed by atoms with Crippen LogP contribution >= 0.6 is 15.9 Å². The third-order valence-electron chi connectivity index (χ3n) is 3.79. The average Bonchev–Trinajstić information content (AvgIpc) is 2.62. The normalized spacial score (nSPS) is 18.6. The second-order valence-corrected chi connectivity index (χ2v) is 6.66. The fraction of sp³-hybridized carbons (Fsp3) is 0.500. The number of carbonyl (C=O) groups is 1. The number of halogens is 1. The Morgan fingerprint density at radius 3 is 2.74 bits per heavy atom. The van der Waals surface area contributed by atoms with Crippen LogP contribution in [-0.2, 0) is 4.79 Å². The fourth-order valence-electron chi connectivity index (χ4n) is 1.94. The minimum absolute atomic E-state index is 0.00491. The van der Waals surface area contributed by atoms with Crippen LogP contribution in [0.3, 0.4) is 0 Å². The van der Waals surface area contributed by atoms with E-state index < -0.39 is 0 Å². The largest absolute Gasteiger partial charge is 0.324 e. The van der Waals surface area contributed by atoms with Crippen molar-refractivity contribution in [1.29, 1.82) is 0 Å². The SMILES string of the molecule is CN(C)C(C)(C)CNC1C(=O)Nc2ccc(Br)cc21. The monoisotopic (exact) mass is 325 g/mol. The summed E-state index contributed by atoms with van der Waals surface area (Å²) in [6.45, 7) is 5.04. The van der Waals surface area contributed by atoms with Gasteiger partial charge in [0.2, 0.25) is 5.91 Å². The van der Waals surface area contributed by atoms with Crippen molar-refractivity contribution in [2.24, 2.45) is 0 Å². The molecule has 0 bridgehead atoms. The van der Waals surface area contributed by atoms with E-state index in [4.69, 9.17) is 0 Å². The molecule has 104 valence electrons. The molecule has 0 saturated heterocycles. The fourth-order valence-corrected chi connectivity index (χ4v) is 2.32. The predicted molar refractivity (Wildman–Crippen MR) is 81.3 cm³/mol. The highest BCUT2D eigenvalue weighted by atomic mass is 79.9. The summed E-state index contributed by atoms with van der Waals surface area (Å²) >= 11 is 3.45. The van der Waals surface area contributed by atoms with E-state index in [1.165, 1.54) is 0 Å². The van der Waals surface area contributed by atoms with E-state index in [-0.39, 0.29) is 17.5 Å². The Balaban J connectivity index is 2.14. The van der Waals surface area contributed by atoms with Gasteiger partial charge in [0, 0.05) is 27.8 Å². The van der Waals surface area contributed by atoms with Gasteiger partial charge in [0.25, 0.3) is 0 Å². The van der Waals surface area contributed by atoms with Crippen LogP contribution in [-0.4, -0.2) is 37.0 Å². The molecule has 1 aliphatic heterocycles. The van der Waals surface area contributed by atoms with Crippen molar-refractivity contribution in [2.75, 3.05) is 26.0 Å². The first-order valence-corrected chi connectivity index (χ1v) is 7.12. The van der Waals surface area contributed by atoms with Gasteiger partial charge in [-0.15, -0.1) is 0 Å². The quantitative estimate of drug-likeness (QED) is 0.893. The molecule has 4 nitrogen and oxygen atoms in total. The summed E-state index contributed by atoms with van der Waals surface area (Å²) in [7, 11) is 4.09. The van der Waals surface area contributed by atoms with Gasteiger partial charge in [-0.2, -0.15) is 0 Å². The Kier molecular flexibility index (Phi) is 3.99. The second-order valence-electron chi connectivity index (χ2n) is 5.74. The highest BCUT2D eigenvalue weighted by Crippen LogP contribution is 2.33. The zero-order valence-electron chi connectivity index (χ0n) is 11.7. The number of rotatable bonds is 4. The molecule has 0 saturated carbocycles. The number of nitrogens with zero attached hydrogens (tertiary/aromatic N) is 1. The highest BCUT2D eigenvalue weighted by Gasteiger charge is 2.32. The number of benzene rings is 1. The van der Waals surface area contributed by atoms with Gasteiger partial charge >= 0.3 is 0 Å². The molecule has 1 aromatic carbocycles. The van der Waals surface area contributed by atoms with Gasteiger partial charge in [0.15, 0.2) is 0 Å². The van der Waals surface area contributed by atoms with Gasteiger partial charge < -0.3 is 15.5 Å². The molecular formula is C14H20BrN3O. The molecule has 19 heavy (non-hydrogen) atoms. The number of carbonyl (C=O) groups excluding carboxylic acids is 1. The van der Waals surface area contributed by atoms with E-state index in [9.17, 15) is 4.79 Å². The number of anilines is 1. The molecule has 2 rings (SSSR count). The Labute approximate surface area is 122 Å². The number of likely N-dealkylation sites (N-methyl/N-ethyl adjacent to an activating group) is 1. The minimum Gasteiger partial charge on any atom is -0.324 e. The van der Waals surface area contributed by atoms with Crippen LogP contribution in [0.5, 0.6) is 0 Å². The summed E-state index contributed by atoms with van der Waals surface area (Å²) in [4.78, 5) is 14.2. The molecule has 1 aliphatic rings. The Bertz CT molecular complexity index is 499. The van der Waals surface area contributed by atoms with Crippen molar-refractivity contribution in [2.45, 2.75) is 25.4 Å². The van der Waals surface area contributed by atoms with Gasteiger partial charge in [-0.3, -0.25) is 4.79 Å². The maximum absolute atomic E-state index is 12.0. The third-order valence-corrected chi connectivity index (χ3v) is 4.29. The molecule has 0 spiro atoms. The standard InChI is InChI=1S/C14H20BrN3O/c1-14(2,18(3)4)8-16-12-10-7-9(15)5-6-11(10)17-13(12)19/h5-7,12,16H,8H2,1-4H3,(H,17,19). The predicted octanol–water partition coefficient (Wildman–Crippen LogP) is 2.37. The van der Waals surface area contributed by atoms with Crippen LogP contribution in [0, 0.1) is 0 Å². The lowest BCUT2D eigenvalue weighted by molar-refractivity contribution is -0.117. The summed E-state index contributed by atoms with van der Waals surface area (Å²) in [6.07, 6.45) is 0. The Morgan fingerprint density at radius 1 is 1.42 bits per heavy atom. The van der Waals surface area contributed by atoms with Crippen molar-refractivity contribution in [1.82, 2.24) is 10.2 Å². The van der Waals surface area contributed by atoms with Crippen LogP contribution in [0.2, 0.25) is 0 Å². The lowest BCUT2D eigenvalue weighted by atomic mass is 10.0. The molecule has 2 N–H and O–H groups in total. The van der Waals surface area contributed by atoms with Gasteiger partial charge in [-0.1, -0.05) is 15.9 Å². The lowest BCUT2D eigenvalue weighted by Crippen LogP contribution is -2.48. The average molecular weight is 326 g/mol. The number of amides is 1. The topological polar surface area (TPSA) is 44.4 Å². The maximum atomic E-state index is 12.0. The number of hydrogen-bond acceptors (Lipinski definition) is 3. The number of fused-ring (bicyclic) bond motifs is 1. The van der Waals surface area contributed by atoms with Crippen molar-refractivity contribution in [3.05, 3.63) is 28.2 Å². The molecular weight excluding hydrogens is 306 g/mol. The summed E-state index contributed by atoms with van der Waals surface area (Å²) in [5.74, 6) is 0.0163.